The predicted octanol–water partition coefficient (Wildman–Crippen LogP) is 2.76. The summed E-state index contributed by atoms with van der Waals surface area (Å²) < 4.78 is 0. The number of hydrogen-bond acceptors (Lipinski definition) is 1. The molecule has 1 fully saturated rings. The minimum absolute atomic E-state index is 0.931. The molecule has 68 valence electrons. The van der Waals surface area contributed by atoms with E-state index in [9.17, 15) is 0 Å². The Labute approximate surface area is 71.8 Å². The van der Waals surface area contributed by atoms with Gasteiger partial charge in [0, 0.05) is 6.04 Å². The fourth-order valence-corrected chi connectivity index (χ4v) is 1.50. The maximum atomic E-state index is 2.55. The van der Waals surface area contributed by atoms with Gasteiger partial charge in [-0.2, -0.15) is 0 Å². The highest BCUT2D eigenvalue weighted by molar-refractivity contribution is 4.90. The van der Waals surface area contributed by atoms with Crippen molar-refractivity contribution in [3.63, 3.8) is 0 Å². The average molecular weight is 157 g/mol. The molecular weight excluding hydrogens is 134 g/mol. The molecule has 0 saturated heterocycles. The second-order valence-electron chi connectivity index (χ2n) is 3.00. The fraction of sp³-hybridized carbons (Fsp3) is 1.00. The average Bonchev–Trinajstić information content (AvgIpc) is 2.74. The topological polar surface area (TPSA) is 3.24 Å². The van der Waals surface area contributed by atoms with Crippen molar-refractivity contribution in [1.82, 2.24) is 4.90 Å². The van der Waals surface area contributed by atoms with Gasteiger partial charge in [-0.3, -0.25) is 0 Å². The molecule has 1 heteroatoms. The Morgan fingerprint density at radius 2 is 1.55 bits per heavy atom. The van der Waals surface area contributed by atoms with E-state index >= 15 is 0 Å². The molecule has 1 aliphatic carbocycles. The van der Waals surface area contributed by atoms with Gasteiger partial charge in [-0.25, -0.2) is 0 Å². The predicted molar refractivity (Wildman–Crippen MR) is 51.8 cm³/mol. The van der Waals surface area contributed by atoms with Crippen molar-refractivity contribution in [2.45, 2.75) is 47.1 Å². The third-order valence-corrected chi connectivity index (χ3v) is 2.35. The largest absolute Gasteiger partial charge is 0.301 e. The molecule has 0 aliphatic heterocycles. The van der Waals surface area contributed by atoms with E-state index in [1.165, 1.54) is 19.5 Å². The van der Waals surface area contributed by atoms with Gasteiger partial charge in [0.05, 0.1) is 0 Å². The normalized spacial score (nSPS) is 27.8. The Morgan fingerprint density at radius 1 is 1.18 bits per heavy atom. The fourth-order valence-electron chi connectivity index (χ4n) is 1.50. The van der Waals surface area contributed by atoms with Crippen molar-refractivity contribution in [3.05, 3.63) is 0 Å². The van der Waals surface area contributed by atoms with Crippen molar-refractivity contribution >= 4 is 0 Å². The van der Waals surface area contributed by atoms with Crippen LogP contribution in [0.5, 0.6) is 0 Å². The molecule has 2 unspecified atom stereocenters. The second-order valence-corrected chi connectivity index (χ2v) is 3.00. The standard InChI is InChI=1S/C8H17N.C2H6/c1-4-9(5-2)8-6-7(8)3;1-2/h7-8H,4-6H2,1-3H3;1-2H3. The van der Waals surface area contributed by atoms with Crippen LogP contribution in [-0.2, 0) is 0 Å². The molecule has 0 radical (unpaired) electrons. The minimum atomic E-state index is 0.931. The van der Waals surface area contributed by atoms with E-state index in [2.05, 4.69) is 25.7 Å². The Hall–Kier alpha value is -0.0400. The molecular formula is C10H23N. The summed E-state index contributed by atoms with van der Waals surface area (Å²) in [6, 6.07) is 0.931. The van der Waals surface area contributed by atoms with Gasteiger partial charge in [0.25, 0.3) is 0 Å². The van der Waals surface area contributed by atoms with Crippen molar-refractivity contribution in [2.75, 3.05) is 13.1 Å². The van der Waals surface area contributed by atoms with Gasteiger partial charge in [0.1, 0.15) is 0 Å². The molecule has 1 aliphatic rings. The van der Waals surface area contributed by atoms with E-state index in [0.717, 1.165) is 12.0 Å². The van der Waals surface area contributed by atoms with Gasteiger partial charge in [0.2, 0.25) is 0 Å². The first-order valence-corrected chi connectivity index (χ1v) is 5.03. The molecule has 1 saturated carbocycles. The van der Waals surface area contributed by atoms with E-state index in [1.54, 1.807) is 0 Å². The van der Waals surface area contributed by atoms with E-state index in [-0.39, 0.29) is 0 Å². The van der Waals surface area contributed by atoms with Crippen molar-refractivity contribution < 1.29 is 0 Å². The maximum Gasteiger partial charge on any atom is 0.0124 e. The lowest BCUT2D eigenvalue weighted by Gasteiger charge is -2.16. The smallest absolute Gasteiger partial charge is 0.0124 e. The molecule has 1 nitrogen and oxygen atoms in total. The van der Waals surface area contributed by atoms with Crippen molar-refractivity contribution in [2.24, 2.45) is 5.92 Å². The van der Waals surface area contributed by atoms with Gasteiger partial charge in [-0.05, 0) is 25.4 Å². The van der Waals surface area contributed by atoms with Crippen LogP contribution in [0.25, 0.3) is 0 Å². The van der Waals surface area contributed by atoms with Crippen LogP contribution >= 0.6 is 0 Å². The summed E-state index contributed by atoms with van der Waals surface area (Å²) in [5.41, 5.74) is 0. The van der Waals surface area contributed by atoms with Gasteiger partial charge in [-0.15, -0.1) is 0 Å². The van der Waals surface area contributed by atoms with Crippen LogP contribution in [-0.4, -0.2) is 24.0 Å². The quantitative estimate of drug-likeness (QED) is 0.609. The van der Waals surface area contributed by atoms with Crippen molar-refractivity contribution in [1.29, 1.82) is 0 Å². The van der Waals surface area contributed by atoms with Crippen molar-refractivity contribution in [3.8, 4) is 0 Å². The molecule has 1 rings (SSSR count). The van der Waals surface area contributed by atoms with Crippen LogP contribution in [0, 0.1) is 5.92 Å². The highest BCUT2D eigenvalue weighted by atomic mass is 15.2. The zero-order valence-electron chi connectivity index (χ0n) is 8.72. The number of hydrogen-bond donors (Lipinski definition) is 0. The van der Waals surface area contributed by atoms with Crippen LogP contribution < -0.4 is 0 Å². The van der Waals surface area contributed by atoms with Crippen LogP contribution in [0.4, 0.5) is 0 Å². The second kappa shape index (κ2) is 5.59. The Balaban J connectivity index is 0.000000461. The highest BCUT2D eigenvalue weighted by Crippen LogP contribution is 2.34. The number of rotatable bonds is 3. The van der Waals surface area contributed by atoms with Crippen LogP contribution in [0.2, 0.25) is 0 Å². The molecule has 11 heavy (non-hydrogen) atoms. The molecule has 0 aromatic heterocycles. The Morgan fingerprint density at radius 3 is 1.64 bits per heavy atom. The maximum absolute atomic E-state index is 2.55. The molecule has 0 spiro atoms. The monoisotopic (exact) mass is 157 g/mol. The summed E-state index contributed by atoms with van der Waals surface area (Å²) in [7, 11) is 0. The third kappa shape index (κ3) is 3.24. The van der Waals surface area contributed by atoms with Gasteiger partial charge in [-0.1, -0.05) is 34.6 Å². The SMILES string of the molecule is CC.CCN(CC)C1CC1C. The minimum Gasteiger partial charge on any atom is -0.301 e. The first-order chi connectivity index (χ1) is 5.29. The third-order valence-electron chi connectivity index (χ3n) is 2.35. The molecule has 0 aromatic rings. The van der Waals surface area contributed by atoms with E-state index < -0.39 is 0 Å². The molecule has 0 amide bonds. The molecule has 0 heterocycles. The lowest BCUT2D eigenvalue weighted by atomic mass is 10.4. The first-order valence-electron chi connectivity index (χ1n) is 5.03. The highest BCUT2D eigenvalue weighted by Gasteiger charge is 2.36. The van der Waals surface area contributed by atoms with E-state index in [4.69, 9.17) is 0 Å². The zero-order valence-corrected chi connectivity index (χ0v) is 8.72. The molecule has 0 bridgehead atoms. The van der Waals surface area contributed by atoms with Gasteiger partial charge in [0.15, 0.2) is 0 Å². The van der Waals surface area contributed by atoms with E-state index in [1.807, 2.05) is 13.8 Å². The summed E-state index contributed by atoms with van der Waals surface area (Å²) in [6.07, 6.45) is 1.43. The van der Waals surface area contributed by atoms with Crippen LogP contribution in [0.15, 0.2) is 0 Å². The Bertz CT molecular complexity index is 86.9. The molecule has 0 N–H and O–H groups in total. The number of nitrogens with zero attached hydrogens (tertiary/aromatic N) is 1. The zero-order chi connectivity index (χ0) is 8.85. The summed E-state index contributed by atoms with van der Waals surface area (Å²) in [6.45, 7) is 13.3. The lowest BCUT2D eigenvalue weighted by Crippen LogP contribution is -2.26. The molecule has 2 atom stereocenters. The first kappa shape index (κ1) is 11.0. The summed E-state index contributed by atoms with van der Waals surface area (Å²) in [5.74, 6) is 0.977. The van der Waals surface area contributed by atoms with Gasteiger partial charge < -0.3 is 4.90 Å². The van der Waals surface area contributed by atoms with E-state index in [0.29, 0.717) is 0 Å². The lowest BCUT2D eigenvalue weighted by molar-refractivity contribution is 0.282. The van der Waals surface area contributed by atoms with Crippen LogP contribution in [0.1, 0.15) is 41.0 Å². The summed E-state index contributed by atoms with van der Waals surface area (Å²) in [4.78, 5) is 2.55. The summed E-state index contributed by atoms with van der Waals surface area (Å²) in [5, 5.41) is 0. The molecule has 0 aromatic carbocycles. The van der Waals surface area contributed by atoms with Gasteiger partial charge >= 0.3 is 0 Å². The Kier molecular flexibility index (Phi) is 5.57. The summed E-state index contributed by atoms with van der Waals surface area (Å²) >= 11 is 0. The van der Waals surface area contributed by atoms with Crippen LogP contribution in [0.3, 0.4) is 0 Å².